The molecule has 0 aromatic carbocycles. The summed E-state index contributed by atoms with van der Waals surface area (Å²) >= 11 is 3.62. The van der Waals surface area contributed by atoms with Crippen molar-refractivity contribution in [1.82, 2.24) is 15.1 Å². The second-order valence-corrected chi connectivity index (χ2v) is 8.17. The number of ether oxygens (including phenoxy) is 1. The van der Waals surface area contributed by atoms with Crippen LogP contribution in [-0.4, -0.2) is 63.2 Å². The molecular formula is C14H21N3O3S2. The Kier molecular flexibility index (Phi) is 5.30. The van der Waals surface area contributed by atoms with Crippen LogP contribution in [0.15, 0.2) is 4.42 Å². The normalized spacial score (nSPS) is 26.4. The van der Waals surface area contributed by atoms with Gasteiger partial charge >= 0.3 is 0 Å². The molecule has 1 amide bonds. The van der Waals surface area contributed by atoms with E-state index in [4.69, 9.17) is 9.15 Å². The van der Waals surface area contributed by atoms with E-state index in [0.29, 0.717) is 31.5 Å². The number of morpholine rings is 1. The molecule has 0 N–H and O–H groups in total. The van der Waals surface area contributed by atoms with Crippen LogP contribution in [0.1, 0.15) is 37.7 Å². The third-order valence-electron chi connectivity index (χ3n) is 3.70. The van der Waals surface area contributed by atoms with Crippen molar-refractivity contribution in [1.29, 1.82) is 0 Å². The van der Waals surface area contributed by atoms with Gasteiger partial charge in [0.25, 0.3) is 0 Å². The second kappa shape index (κ2) is 7.23. The first-order valence-corrected chi connectivity index (χ1v) is 9.78. The fourth-order valence-corrected chi connectivity index (χ4v) is 5.07. The number of hydrogen-bond acceptors (Lipinski definition) is 7. The smallest absolute Gasteiger partial charge is 0.247 e. The molecule has 3 heterocycles. The molecule has 1 aromatic heterocycles. The molecule has 122 valence electrons. The average molecular weight is 343 g/mol. The Balaban J connectivity index is 1.64. The van der Waals surface area contributed by atoms with Gasteiger partial charge in [0.05, 0.1) is 18.4 Å². The summed E-state index contributed by atoms with van der Waals surface area (Å²) in [6, 6.07) is 0. The topological polar surface area (TPSA) is 68.5 Å². The second-order valence-electron chi connectivity index (χ2n) is 5.71. The van der Waals surface area contributed by atoms with E-state index in [1.54, 1.807) is 11.8 Å². The molecule has 8 heteroatoms. The van der Waals surface area contributed by atoms with Gasteiger partial charge in [-0.1, -0.05) is 13.8 Å². The monoisotopic (exact) mass is 343 g/mol. The zero-order valence-corrected chi connectivity index (χ0v) is 14.5. The molecule has 6 nitrogen and oxygen atoms in total. The SMILES string of the molecule is CC(C)c1nnc([C@@H]2CN(C(=O)[C@H]3CSCCS3)CCO2)o1. The van der Waals surface area contributed by atoms with E-state index in [1.807, 2.05) is 30.5 Å². The van der Waals surface area contributed by atoms with Crippen molar-refractivity contribution in [2.45, 2.75) is 31.1 Å². The predicted octanol–water partition coefficient (Wildman–Crippen LogP) is 1.94. The number of rotatable bonds is 3. The van der Waals surface area contributed by atoms with E-state index >= 15 is 0 Å². The molecule has 0 bridgehead atoms. The maximum Gasteiger partial charge on any atom is 0.247 e. The molecule has 2 saturated heterocycles. The minimum absolute atomic E-state index is 0.0754. The predicted molar refractivity (Wildman–Crippen MR) is 87.2 cm³/mol. The Labute approximate surface area is 138 Å². The van der Waals surface area contributed by atoms with E-state index in [-0.39, 0.29) is 23.2 Å². The largest absolute Gasteiger partial charge is 0.422 e. The average Bonchev–Trinajstić information content (AvgIpc) is 3.05. The molecule has 3 rings (SSSR count). The Morgan fingerprint density at radius 3 is 2.91 bits per heavy atom. The maximum atomic E-state index is 12.6. The van der Waals surface area contributed by atoms with E-state index in [9.17, 15) is 4.79 Å². The number of hydrogen-bond donors (Lipinski definition) is 0. The van der Waals surface area contributed by atoms with Crippen LogP contribution >= 0.6 is 23.5 Å². The Morgan fingerprint density at radius 1 is 1.36 bits per heavy atom. The highest BCUT2D eigenvalue weighted by molar-refractivity contribution is 8.07. The van der Waals surface area contributed by atoms with Crippen molar-refractivity contribution in [2.24, 2.45) is 0 Å². The van der Waals surface area contributed by atoms with Gasteiger partial charge in [-0.15, -0.1) is 22.0 Å². The van der Waals surface area contributed by atoms with Crippen molar-refractivity contribution < 1.29 is 13.9 Å². The van der Waals surface area contributed by atoms with E-state index in [0.717, 1.165) is 17.3 Å². The lowest BCUT2D eigenvalue weighted by molar-refractivity contribution is -0.138. The van der Waals surface area contributed by atoms with Crippen molar-refractivity contribution in [3.05, 3.63) is 11.8 Å². The summed E-state index contributed by atoms with van der Waals surface area (Å²) < 4.78 is 11.4. The molecule has 0 saturated carbocycles. The summed E-state index contributed by atoms with van der Waals surface area (Å²) in [5.41, 5.74) is 0. The highest BCUT2D eigenvalue weighted by atomic mass is 32.2. The molecule has 1 aromatic rings. The van der Waals surface area contributed by atoms with E-state index < -0.39 is 0 Å². The molecule has 0 radical (unpaired) electrons. The standard InChI is InChI=1S/C14H21N3O3S2/c1-9(2)12-15-16-13(20-12)10-7-17(3-4-19-10)14(18)11-8-21-5-6-22-11/h9-11H,3-8H2,1-2H3/t10-,11+/m0/s1. The molecule has 0 aliphatic carbocycles. The van der Waals surface area contributed by atoms with Gasteiger partial charge in [0.2, 0.25) is 17.7 Å². The summed E-state index contributed by atoms with van der Waals surface area (Å²) in [5.74, 6) is 4.60. The van der Waals surface area contributed by atoms with E-state index in [2.05, 4.69) is 10.2 Å². The first-order chi connectivity index (χ1) is 10.6. The van der Waals surface area contributed by atoms with Crippen molar-refractivity contribution in [3.8, 4) is 0 Å². The highest BCUT2D eigenvalue weighted by Crippen LogP contribution is 2.28. The Bertz CT molecular complexity index is 517. The van der Waals surface area contributed by atoms with Crippen LogP contribution in [0.4, 0.5) is 0 Å². The van der Waals surface area contributed by atoms with Crippen LogP contribution < -0.4 is 0 Å². The molecule has 0 spiro atoms. The molecule has 2 atom stereocenters. The van der Waals surface area contributed by atoms with Gasteiger partial charge in [-0.2, -0.15) is 11.8 Å². The lowest BCUT2D eigenvalue weighted by Crippen LogP contribution is -2.47. The van der Waals surface area contributed by atoms with Crippen LogP contribution in [0.25, 0.3) is 0 Å². The van der Waals surface area contributed by atoms with Crippen LogP contribution in [-0.2, 0) is 9.53 Å². The first-order valence-electron chi connectivity index (χ1n) is 7.58. The molecule has 0 unspecified atom stereocenters. The quantitative estimate of drug-likeness (QED) is 0.831. The Morgan fingerprint density at radius 2 is 2.23 bits per heavy atom. The van der Waals surface area contributed by atoms with Crippen LogP contribution in [0.5, 0.6) is 0 Å². The highest BCUT2D eigenvalue weighted by Gasteiger charge is 2.33. The van der Waals surface area contributed by atoms with Gasteiger partial charge in [-0.25, -0.2) is 0 Å². The summed E-state index contributed by atoms with van der Waals surface area (Å²) in [5, 5.41) is 8.20. The van der Waals surface area contributed by atoms with Crippen molar-refractivity contribution >= 4 is 29.4 Å². The Hall–Kier alpha value is -0.730. The number of thioether (sulfide) groups is 2. The number of amides is 1. The fraction of sp³-hybridized carbons (Fsp3) is 0.786. The zero-order valence-electron chi connectivity index (χ0n) is 12.9. The number of carbonyl (C=O) groups is 1. The summed E-state index contributed by atoms with van der Waals surface area (Å²) in [4.78, 5) is 14.5. The number of aromatic nitrogens is 2. The zero-order chi connectivity index (χ0) is 15.5. The van der Waals surface area contributed by atoms with Crippen molar-refractivity contribution in [2.75, 3.05) is 37.0 Å². The van der Waals surface area contributed by atoms with Crippen LogP contribution in [0.2, 0.25) is 0 Å². The summed E-state index contributed by atoms with van der Waals surface area (Å²) in [6.45, 7) is 5.67. The van der Waals surface area contributed by atoms with Crippen molar-refractivity contribution in [3.63, 3.8) is 0 Å². The van der Waals surface area contributed by atoms with E-state index in [1.165, 1.54) is 0 Å². The molecular weight excluding hydrogens is 322 g/mol. The molecule has 2 aliphatic rings. The lowest BCUT2D eigenvalue weighted by Gasteiger charge is -2.34. The van der Waals surface area contributed by atoms with Gasteiger partial charge < -0.3 is 14.1 Å². The number of nitrogens with zero attached hydrogens (tertiary/aromatic N) is 3. The number of carbonyl (C=O) groups excluding carboxylic acids is 1. The third kappa shape index (κ3) is 3.60. The molecule has 2 aliphatic heterocycles. The van der Waals surface area contributed by atoms with Gasteiger partial charge in [-0.05, 0) is 0 Å². The van der Waals surface area contributed by atoms with Gasteiger partial charge in [0.1, 0.15) is 0 Å². The lowest BCUT2D eigenvalue weighted by atomic mass is 10.2. The van der Waals surface area contributed by atoms with Gasteiger partial charge in [-0.3, -0.25) is 4.79 Å². The summed E-state index contributed by atoms with van der Waals surface area (Å²) in [7, 11) is 0. The molecule has 22 heavy (non-hydrogen) atoms. The van der Waals surface area contributed by atoms with Crippen LogP contribution in [0, 0.1) is 0 Å². The minimum Gasteiger partial charge on any atom is -0.422 e. The van der Waals surface area contributed by atoms with Crippen LogP contribution in [0.3, 0.4) is 0 Å². The molecule has 2 fully saturated rings. The first kappa shape index (κ1) is 16.1. The van der Waals surface area contributed by atoms with Gasteiger partial charge in [0.15, 0.2) is 6.10 Å². The fourth-order valence-electron chi connectivity index (χ4n) is 2.44. The maximum absolute atomic E-state index is 12.6. The minimum atomic E-state index is -0.307. The summed E-state index contributed by atoms with van der Waals surface area (Å²) in [6.07, 6.45) is -0.307. The van der Waals surface area contributed by atoms with Gasteiger partial charge in [0, 0.05) is 29.7 Å². The third-order valence-corrected chi connectivity index (χ3v) is 6.44.